The molecule has 0 spiro atoms. The summed E-state index contributed by atoms with van der Waals surface area (Å²) in [6, 6.07) is 10.6. The van der Waals surface area contributed by atoms with E-state index >= 15 is 0 Å². The van der Waals surface area contributed by atoms with Crippen LogP contribution in [0.4, 0.5) is 0 Å². The van der Waals surface area contributed by atoms with E-state index < -0.39 is 0 Å². The molecule has 0 unspecified atom stereocenters. The monoisotopic (exact) mass is 285 g/mol. The predicted molar refractivity (Wildman–Crippen MR) is 84.4 cm³/mol. The van der Waals surface area contributed by atoms with Crippen LogP contribution in [-0.4, -0.2) is 30.5 Å². The molecule has 1 saturated carbocycles. The van der Waals surface area contributed by atoms with Gasteiger partial charge in [0.1, 0.15) is 0 Å². The number of rotatable bonds is 3. The highest BCUT2D eigenvalue weighted by molar-refractivity contribution is 5.79. The third-order valence-corrected chi connectivity index (χ3v) is 4.64. The second-order valence-corrected chi connectivity index (χ2v) is 5.63. The molecule has 2 rings (SSSR count). The van der Waals surface area contributed by atoms with Crippen LogP contribution in [0.25, 0.3) is 0 Å². The van der Waals surface area contributed by atoms with E-state index in [1.54, 1.807) is 7.05 Å². The van der Waals surface area contributed by atoms with E-state index in [0.29, 0.717) is 12.5 Å². The highest BCUT2D eigenvalue weighted by Gasteiger charge is 2.37. The molecular formula is C16H23N5. The van der Waals surface area contributed by atoms with Crippen LogP contribution in [0.1, 0.15) is 31.2 Å². The number of nitrogens with two attached hydrogens (primary N) is 2. The van der Waals surface area contributed by atoms with Crippen molar-refractivity contribution in [3.8, 4) is 6.19 Å². The van der Waals surface area contributed by atoms with Crippen LogP contribution in [0.2, 0.25) is 0 Å². The number of nitriles is 1. The lowest BCUT2D eigenvalue weighted by molar-refractivity contribution is 0.217. The lowest BCUT2D eigenvalue weighted by atomic mass is 9.68. The van der Waals surface area contributed by atoms with Crippen molar-refractivity contribution in [2.45, 2.75) is 37.1 Å². The van der Waals surface area contributed by atoms with Crippen molar-refractivity contribution >= 4 is 5.96 Å². The van der Waals surface area contributed by atoms with Crippen LogP contribution in [0, 0.1) is 11.5 Å². The van der Waals surface area contributed by atoms with E-state index in [0.717, 1.165) is 25.7 Å². The Morgan fingerprint density at radius 3 is 2.48 bits per heavy atom. The van der Waals surface area contributed by atoms with Crippen molar-refractivity contribution in [2.24, 2.45) is 16.5 Å². The molecule has 1 aliphatic rings. The number of nitrogens with zero attached hydrogens (tertiary/aromatic N) is 3. The third-order valence-electron chi connectivity index (χ3n) is 4.64. The first-order valence-electron chi connectivity index (χ1n) is 7.33. The molecule has 1 aliphatic carbocycles. The fourth-order valence-electron chi connectivity index (χ4n) is 3.24. The Balaban J connectivity index is 2.13. The zero-order valence-corrected chi connectivity index (χ0v) is 12.5. The molecule has 0 atom stereocenters. The molecule has 0 bridgehead atoms. The highest BCUT2D eigenvalue weighted by atomic mass is 15.3. The number of guanidine groups is 1. The van der Waals surface area contributed by atoms with Gasteiger partial charge in [-0.15, -0.1) is 0 Å². The molecular weight excluding hydrogens is 262 g/mol. The Morgan fingerprint density at radius 1 is 1.38 bits per heavy atom. The molecule has 1 fully saturated rings. The summed E-state index contributed by atoms with van der Waals surface area (Å²) in [7, 11) is 1.61. The Labute approximate surface area is 126 Å². The summed E-state index contributed by atoms with van der Waals surface area (Å²) >= 11 is 0. The average Bonchev–Trinajstić information content (AvgIpc) is 2.57. The van der Waals surface area contributed by atoms with Gasteiger partial charge in [-0.1, -0.05) is 30.3 Å². The lowest BCUT2D eigenvalue weighted by Gasteiger charge is -2.41. The number of aliphatic imine (C=N–C) groups is 1. The van der Waals surface area contributed by atoms with E-state index in [4.69, 9.17) is 11.5 Å². The second-order valence-electron chi connectivity index (χ2n) is 5.63. The Bertz CT molecular complexity index is 523. The Hall–Kier alpha value is -2.06. The average molecular weight is 285 g/mol. The van der Waals surface area contributed by atoms with Crippen LogP contribution in [0.5, 0.6) is 0 Å². The quantitative estimate of drug-likeness (QED) is 0.381. The topological polar surface area (TPSA) is 91.4 Å². The molecule has 0 aromatic heterocycles. The molecule has 21 heavy (non-hydrogen) atoms. The van der Waals surface area contributed by atoms with Gasteiger partial charge in [-0.05, 0) is 31.2 Å². The van der Waals surface area contributed by atoms with Gasteiger partial charge in [0, 0.05) is 25.0 Å². The van der Waals surface area contributed by atoms with Crippen molar-refractivity contribution in [2.75, 3.05) is 13.6 Å². The largest absolute Gasteiger partial charge is 0.369 e. The molecule has 0 amide bonds. The molecule has 112 valence electrons. The zero-order valence-electron chi connectivity index (χ0n) is 12.5. The molecule has 1 aromatic rings. The molecule has 1 aromatic carbocycles. The van der Waals surface area contributed by atoms with Gasteiger partial charge in [0.05, 0.1) is 0 Å². The molecule has 0 radical (unpaired) electrons. The third kappa shape index (κ3) is 3.01. The number of hydrogen-bond acceptors (Lipinski definition) is 3. The Kier molecular flexibility index (Phi) is 4.81. The van der Waals surface area contributed by atoms with Gasteiger partial charge in [0.2, 0.25) is 5.96 Å². The SMILES string of the molecule is CN=C(N)N(C#N)C1CCC(CN)(c2ccccc2)CC1. The first kappa shape index (κ1) is 15.3. The first-order valence-corrected chi connectivity index (χ1v) is 7.33. The van der Waals surface area contributed by atoms with Crippen molar-refractivity contribution in [3.05, 3.63) is 35.9 Å². The van der Waals surface area contributed by atoms with Gasteiger partial charge in [-0.3, -0.25) is 4.99 Å². The van der Waals surface area contributed by atoms with Gasteiger partial charge >= 0.3 is 0 Å². The molecule has 5 nitrogen and oxygen atoms in total. The molecule has 0 heterocycles. The van der Waals surface area contributed by atoms with Crippen LogP contribution in [0.3, 0.4) is 0 Å². The summed E-state index contributed by atoms with van der Waals surface area (Å²) in [4.78, 5) is 5.46. The minimum atomic E-state index is 0.0248. The summed E-state index contributed by atoms with van der Waals surface area (Å²) in [5, 5.41) is 9.27. The first-order chi connectivity index (χ1) is 10.2. The zero-order chi connectivity index (χ0) is 15.3. The van der Waals surface area contributed by atoms with Crippen molar-refractivity contribution in [3.63, 3.8) is 0 Å². The standard InChI is InChI=1S/C16H23N5/c1-20-15(19)21(12-18)14-7-9-16(11-17,10-8-14)13-5-3-2-4-6-13/h2-6,14H,7-11,17H2,1H3,(H2,19,20). The predicted octanol–water partition coefficient (Wildman–Crippen LogP) is 1.55. The Morgan fingerprint density at radius 2 is 2.00 bits per heavy atom. The maximum Gasteiger partial charge on any atom is 0.204 e. The van der Waals surface area contributed by atoms with Gasteiger partial charge < -0.3 is 11.5 Å². The minimum absolute atomic E-state index is 0.0248. The van der Waals surface area contributed by atoms with Gasteiger partial charge in [-0.2, -0.15) is 5.26 Å². The van der Waals surface area contributed by atoms with Gasteiger partial charge in [0.25, 0.3) is 0 Å². The van der Waals surface area contributed by atoms with Crippen molar-refractivity contribution < 1.29 is 0 Å². The van der Waals surface area contributed by atoms with Crippen LogP contribution in [0.15, 0.2) is 35.3 Å². The van der Waals surface area contributed by atoms with Crippen molar-refractivity contribution in [1.82, 2.24) is 4.90 Å². The minimum Gasteiger partial charge on any atom is -0.369 e. The fourth-order valence-corrected chi connectivity index (χ4v) is 3.24. The van der Waals surface area contributed by atoms with E-state index in [2.05, 4.69) is 35.5 Å². The van der Waals surface area contributed by atoms with Gasteiger partial charge in [0.15, 0.2) is 6.19 Å². The van der Waals surface area contributed by atoms with E-state index in [1.165, 1.54) is 10.5 Å². The summed E-state index contributed by atoms with van der Waals surface area (Å²) in [5.74, 6) is 0.294. The maximum atomic E-state index is 9.27. The summed E-state index contributed by atoms with van der Waals surface area (Å²) < 4.78 is 0. The van der Waals surface area contributed by atoms with E-state index in [1.807, 2.05) is 6.07 Å². The molecule has 0 aliphatic heterocycles. The van der Waals surface area contributed by atoms with Crippen LogP contribution < -0.4 is 11.5 Å². The molecule has 0 saturated heterocycles. The van der Waals surface area contributed by atoms with E-state index in [9.17, 15) is 5.26 Å². The van der Waals surface area contributed by atoms with Gasteiger partial charge in [-0.25, -0.2) is 4.90 Å². The molecule has 5 heteroatoms. The summed E-state index contributed by atoms with van der Waals surface area (Å²) in [6.45, 7) is 0.633. The molecule has 4 N–H and O–H groups in total. The van der Waals surface area contributed by atoms with Crippen LogP contribution >= 0.6 is 0 Å². The summed E-state index contributed by atoms with van der Waals surface area (Å²) in [5.41, 5.74) is 13.2. The number of hydrogen-bond donors (Lipinski definition) is 2. The maximum absolute atomic E-state index is 9.27. The lowest BCUT2D eigenvalue weighted by Crippen LogP contribution is -2.47. The van der Waals surface area contributed by atoms with E-state index in [-0.39, 0.29) is 11.5 Å². The van der Waals surface area contributed by atoms with Crippen molar-refractivity contribution in [1.29, 1.82) is 5.26 Å². The second kappa shape index (κ2) is 6.59. The van der Waals surface area contributed by atoms with Crippen LogP contribution in [-0.2, 0) is 5.41 Å². The normalized spacial score (nSPS) is 26.1. The summed E-state index contributed by atoms with van der Waals surface area (Å²) in [6.07, 6.45) is 5.88. The smallest absolute Gasteiger partial charge is 0.204 e. The highest BCUT2D eigenvalue weighted by Crippen LogP contribution is 2.39. The number of benzene rings is 1. The fraction of sp³-hybridized carbons (Fsp3) is 0.500.